The SMILES string of the molecule is CCCCOC(=O)c1c(OC)ccc2cccc(Cl)c12. The molecule has 0 atom stereocenters. The van der Waals surface area contributed by atoms with E-state index in [-0.39, 0.29) is 0 Å². The molecule has 2 rings (SSSR count). The first-order valence-electron chi connectivity index (χ1n) is 6.61. The molecule has 2 aromatic carbocycles. The summed E-state index contributed by atoms with van der Waals surface area (Å²) in [5.41, 5.74) is 0.395. The van der Waals surface area contributed by atoms with Gasteiger partial charge in [-0.15, -0.1) is 0 Å². The second-order valence-electron chi connectivity index (χ2n) is 4.47. The van der Waals surface area contributed by atoms with Crippen LogP contribution in [0.3, 0.4) is 0 Å². The summed E-state index contributed by atoms with van der Waals surface area (Å²) in [7, 11) is 1.53. The number of benzene rings is 2. The number of ether oxygens (including phenoxy) is 2. The van der Waals surface area contributed by atoms with Crippen LogP contribution in [0.2, 0.25) is 5.02 Å². The molecule has 20 heavy (non-hydrogen) atoms. The van der Waals surface area contributed by atoms with Gasteiger partial charge in [0.15, 0.2) is 0 Å². The Bertz CT molecular complexity index is 622. The molecular formula is C16H17ClO3. The van der Waals surface area contributed by atoms with Gasteiger partial charge in [-0.2, -0.15) is 0 Å². The maximum atomic E-state index is 12.3. The van der Waals surface area contributed by atoms with Crippen LogP contribution in [0.15, 0.2) is 30.3 Å². The van der Waals surface area contributed by atoms with Gasteiger partial charge in [0.2, 0.25) is 0 Å². The molecular weight excluding hydrogens is 276 g/mol. The molecule has 0 saturated carbocycles. The fourth-order valence-corrected chi connectivity index (χ4v) is 2.35. The van der Waals surface area contributed by atoms with Gasteiger partial charge in [-0.25, -0.2) is 4.79 Å². The quantitative estimate of drug-likeness (QED) is 0.603. The van der Waals surface area contributed by atoms with Crippen LogP contribution in [0.4, 0.5) is 0 Å². The van der Waals surface area contributed by atoms with Gasteiger partial charge < -0.3 is 9.47 Å². The van der Waals surface area contributed by atoms with Crippen molar-refractivity contribution < 1.29 is 14.3 Å². The molecule has 4 heteroatoms. The van der Waals surface area contributed by atoms with Crippen molar-refractivity contribution in [2.75, 3.05) is 13.7 Å². The molecule has 0 aliphatic carbocycles. The first kappa shape index (κ1) is 14.7. The lowest BCUT2D eigenvalue weighted by Gasteiger charge is -2.12. The number of rotatable bonds is 5. The number of carbonyl (C=O) groups excluding carboxylic acids is 1. The largest absolute Gasteiger partial charge is 0.496 e. The van der Waals surface area contributed by atoms with Gasteiger partial charge >= 0.3 is 5.97 Å². The Balaban J connectivity index is 2.50. The molecule has 0 radical (unpaired) electrons. The molecule has 0 aromatic heterocycles. The average Bonchev–Trinajstić information content (AvgIpc) is 2.46. The minimum Gasteiger partial charge on any atom is -0.496 e. The van der Waals surface area contributed by atoms with E-state index in [1.165, 1.54) is 7.11 Å². The van der Waals surface area contributed by atoms with Crippen molar-refractivity contribution in [2.24, 2.45) is 0 Å². The summed E-state index contributed by atoms with van der Waals surface area (Å²) in [5, 5.41) is 2.08. The fraction of sp³-hybridized carbons (Fsp3) is 0.312. The number of esters is 1. The highest BCUT2D eigenvalue weighted by atomic mass is 35.5. The summed E-state index contributed by atoms with van der Waals surface area (Å²) in [4.78, 5) is 12.3. The molecule has 0 amide bonds. The molecule has 106 valence electrons. The summed E-state index contributed by atoms with van der Waals surface area (Å²) >= 11 is 6.23. The topological polar surface area (TPSA) is 35.5 Å². The number of hydrogen-bond donors (Lipinski definition) is 0. The minimum atomic E-state index is -0.394. The lowest BCUT2D eigenvalue weighted by Crippen LogP contribution is -2.09. The van der Waals surface area contributed by atoms with E-state index in [0.717, 1.165) is 18.2 Å². The summed E-state index contributed by atoms with van der Waals surface area (Å²) < 4.78 is 10.6. The Labute approximate surface area is 123 Å². The summed E-state index contributed by atoms with van der Waals surface area (Å²) in [6.45, 7) is 2.45. The second kappa shape index (κ2) is 6.62. The van der Waals surface area contributed by atoms with Gasteiger partial charge in [-0.3, -0.25) is 0 Å². The summed E-state index contributed by atoms with van der Waals surface area (Å²) in [6, 6.07) is 9.15. The first-order valence-corrected chi connectivity index (χ1v) is 6.99. The third-order valence-corrected chi connectivity index (χ3v) is 3.43. The molecule has 0 aliphatic rings. The minimum absolute atomic E-state index is 0.394. The molecule has 3 nitrogen and oxygen atoms in total. The Morgan fingerprint density at radius 3 is 2.75 bits per heavy atom. The third kappa shape index (κ3) is 2.88. The highest BCUT2D eigenvalue weighted by Crippen LogP contribution is 2.33. The monoisotopic (exact) mass is 292 g/mol. The number of unbranched alkanes of at least 4 members (excludes halogenated alkanes) is 1. The Morgan fingerprint density at radius 2 is 2.05 bits per heavy atom. The van der Waals surface area contributed by atoms with E-state index in [0.29, 0.717) is 28.3 Å². The predicted octanol–water partition coefficient (Wildman–Crippen LogP) is 4.46. The number of hydrogen-bond acceptors (Lipinski definition) is 3. The van der Waals surface area contributed by atoms with Crippen LogP contribution < -0.4 is 4.74 Å². The zero-order chi connectivity index (χ0) is 14.5. The van der Waals surface area contributed by atoms with Gasteiger partial charge in [0.1, 0.15) is 11.3 Å². The number of carbonyl (C=O) groups is 1. The lowest BCUT2D eigenvalue weighted by molar-refractivity contribution is 0.0498. The second-order valence-corrected chi connectivity index (χ2v) is 4.88. The van der Waals surface area contributed by atoms with Gasteiger partial charge in [-0.1, -0.05) is 43.1 Å². The highest BCUT2D eigenvalue weighted by molar-refractivity contribution is 6.37. The van der Waals surface area contributed by atoms with E-state index in [4.69, 9.17) is 21.1 Å². The number of fused-ring (bicyclic) bond motifs is 1. The fourth-order valence-electron chi connectivity index (χ4n) is 2.07. The normalized spacial score (nSPS) is 10.6. The maximum absolute atomic E-state index is 12.3. The number of methoxy groups -OCH3 is 1. The van der Waals surface area contributed by atoms with Gasteiger partial charge in [0, 0.05) is 10.4 Å². The van der Waals surface area contributed by atoms with Crippen LogP contribution in [0.25, 0.3) is 10.8 Å². The third-order valence-electron chi connectivity index (χ3n) is 3.11. The predicted molar refractivity (Wildman–Crippen MR) is 80.7 cm³/mol. The zero-order valence-corrected chi connectivity index (χ0v) is 12.4. The van der Waals surface area contributed by atoms with E-state index in [1.807, 2.05) is 25.1 Å². The summed E-state index contributed by atoms with van der Waals surface area (Å²) in [5.74, 6) is 0.0844. The summed E-state index contributed by atoms with van der Waals surface area (Å²) in [6.07, 6.45) is 1.81. The highest BCUT2D eigenvalue weighted by Gasteiger charge is 2.19. The molecule has 0 unspecified atom stereocenters. The van der Waals surface area contributed by atoms with E-state index in [1.54, 1.807) is 12.1 Å². The van der Waals surface area contributed by atoms with Crippen LogP contribution in [-0.4, -0.2) is 19.7 Å². The van der Waals surface area contributed by atoms with Crippen molar-refractivity contribution in [2.45, 2.75) is 19.8 Å². The van der Waals surface area contributed by atoms with Gasteiger partial charge in [-0.05, 0) is 23.9 Å². The van der Waals surface area contributed by atoms with Crippen molar-refractivity contribution in [1.29, 1.82) is 0 Å². The van der Waals surface area contributed by atoms with Crippen LogP contribution in [0, 0.1) is 0 Å². The van der Waals surface area contributed by atoms with Gasteiger partial charge in [0.05, 0.1) is 13.7 Å². The molecule has 0 saturated heterocycles. The van der Waals surface area contributed by atoms with Crippen LogP contribution in [0.1, 0.15) is 30.1 Å². The zero-order valence-electron chi connectivity index (χ0n) is 11.6. The van der Waals surface area contributed by atoms with E-state index in [9.17, 15) is 4.79 Å². The lowest BCUT2D eigenvalue weighted by atomic mass is 10.0. The van der Waals surface area contributed by atoms with E-state index < -0.39 is 5.97 Å². The van der Waals surface area contributed by atoms with Crippen LogP contribution in [-0.2, 0) is 4.74 Å². The average molecular weight is 293 g/mol. The first-order chi connectivity index (χ1) is 9.69. The van der Waals surface area contributed by atoms with Crippen LogP contribution in [0.5, 0.6) is 5.75 Å². The van der Waals surface area contributed by atoms with Crippen LogP contribution >= 0.6 is 11.6 Å². The maximum Gasteiger partial charge on any atom is 0.342 e. The number of halogens is 1. The Kier molecular flexibility index (Phi) is 4.85. The van der Waals surface area contributed by atoms with Crippen molar-refractivity contribution in [3.8, 4) is 5.75 Å². The smallest absolute Gasteiger partial charge is 0.342 e. The Morgan fingerprint density at radius 1 is 1.25 bits per heavy atom. The standard InChI is InChI=1S/C16H17ClO3/c1-3-4-10-20-16(18)15-13(19-2)9-8-11-6-5-7-12(17)14(11)15/h5-9H,3-4,10H2,1-2H3. The molecule has 0 bridgehead atoms. The van der Waals surface area contributed by atoms with Crippen molar-refractivity contribution in [3.63, 3.8) is 0 Å². The van der Waals surface area contributed by atoms with E-state index in [2.05, 4.69) is 0 Å². The van der Waals surface area contributed by atoms with E-state index >= 15 is 0 Å². The van der Waals surface area contributed by atoms with Gasteiger partial charge in [0.25, 0.3) is 0 Å². The van der Waals surface area contributed by atoms with Crippen molar-refractivity contribution >= 4 is 28.3 Å². The molecule has 0 heterocycles. The molecule has 2 aromatic rings. The Hall–Kier alpha value is -1.74. The molecule has 0 N–H and O–H groups in total. The molecule has 0 fully saturated rings. The van der Waals surface area contributed by atoms with Crippen molar-refractivity contribution in [1.82, 2.24) is 0 Å². The molecule has 0 spiro atoms. The van der Waals surface area contributed by atoms with Crippen molar-refractivity contribution in [3.05, 3.63) is 40.9 Å². The molecule has 0 aliphatic heterocycles.